The van der Waals surface area contributed by atoms with E-state index < -0.39 is 0 Å². The minimum absolute atomic E-state index is 0.151. The predicted molar refractivity (Wildman–Crippen MR) is 110 cm³/mol. The van der Waals surface area contributed by atoms with Gasteiger partial charge in [0.05, 0.1) is 23.4 Å². The van der Waals surface area contributed by atoms with Crippen LogP contribution in [0.3, 0.4) is 0 Å². The predicted octanol–water partition coefficient (Wildman–Crippen LogP) is 1.94. The highest BCUT2D eigenvalue weighted by Crippen LogP contribution is 2.22. The third-order valence-corrected chi connectivity index (χ3v) is 5.25. The molecular weight excluding hydrogens is 424 g/mol. The molecule has 2 aromatic carbocycles. The molecule has 0 bridgehead atoms. The maximum Gasteiger partial charge on any atom is 0.256 e. The van der Waals surface area contributed by atoms with Crippen molar-refractivity contribution in [2.45, 2.75) is 0 Å². The number of carbonyl (C=O) groups is 3. The summed E-state index contributed by atoms with van der Waals surface area (Å²) < 4.78 is 0.682. The van der Waals surface area contributed by atoms with E-state index in [1.54, 1.807) is 47.4 Å². The third-order valence-electron chi connectivity index (χ3n) is 4.56. The van der Waals surface area contributed by atoms with Gasteiger partial charge in [-0.15, -0.1) is 0 Å². The van der Waals surface area contributed by atoms with Crippen LogP contribution in [0.2, 0.25) is 0 Å². The first-order valence-corrected chi connectivity index (χ1v) is 9.70. The molecular formula is C20H21BrN4O3. The van der Waals surface area contributed by atoms with Crippen molar-refractivity contribution in [3.05, 3.63) is 64.1 Å². The number of amides is 3. The van der Waals surface area contributed by atoms with Crippen LogP contribution in [0, 0.1) is 0 Å². The van der Waals surface area contributed by atoms with E-state index in [0.29, 0.717) is 47.5 Å². The number of hydrogen-bond acceptors (Lipinski definition) is 4. The van der Waals surface area contributed by atoms with Gasteiger partial charge in [-0.25, -0.2) is 0 Å². The quantitative estimate of drug-likeness (QED) is 0.736. The standard InChI is InChI=1S/C20H21BrN4O3/c21-16-7-3-1-5-14(16)19(27)23-17-8-4-2-6-15(17)20(28)25-11-9-24(10-12-25)13-18(22)26/h1-8H,9-13H2,(H2,22,26)(H,23,27). The van der Waals surface area contributed by atoms with Crippen molar-refractivity contribution in [3.63, 3.8) is 0 Å². The Morgan fingerprint density at radius 3 is 2.18 bits per heavy atom. The average Bonchev–Trinajstić information content (AvgIpc) is 2.68. The van der Waals surface area contributed by atoms with Crippen molar-refractivity contribution >= 4 is 39.3 Å². The molecule has 0 spiro atoms. The minimum atomic E-state index is -0.375. The number of nitrogens with one attached hydrogen (secondary N) is 1. The van der Waals surface area contributed by atoms with E-state index in [4.69, 9.17) is 5.73 Å². The molecule has 1 fully saturated rings. The van der Waals surface area contributed by atoms with E-state index in [2.05, 4.69) is 21.2 Å². The molecule has 1 saturated heterocycles. The second kappa shape index (κ2) is 8.99. The van der Waals surface area contributed by atoms with Crippen molar-refractivity contribution in [3.8, 4) is 0 Å². The van der Waals surface area contributed by atoms with Gasteiger partial charge in [-0.2, -0.15) is 0 Å². The Labute approximate surface area is 171 Å². The Balaban J connectivity index is 1.72. The second-order valence-corrected chi connectivity index (χ2v) is 7.37. The number of primary amides is 1. The van der Waals surface area contributed by atoms with Crippen LogP contribution in [0.4, 0.5) is 5.69 Å². The first-order valence-electron chi connectivity index (χ1n) is 8.90. The fourth-order valence-corrected chi connectivity index (χ4v) is 3.58. The number of benzene rings is 2. The number of anilines is 1. The summed E-state index contributed by atoms with van der Waals surface area (Å²) in [5.74, 6) is -0.819. The number of para-hydroxylation sites is 1. The van der Waals surface area contributed by atoms with Gasteiger partial charge < -0.3 is 16.0 Å². The normalized spacial score (nSPS) is 14.5. The molecule has 1 aliphatic rings. The first-order chi connectivity index (χ1) is 13.5. The van der Waals surface area contributed by atoms with Gasteiger partial charge in [-0.05, 0) is 40.2 Å². The van der Waals surface area contributed by atoms with Gasteiger partial charge in [0.25, 0.3) is 11.8 Å². The van der Waals surface area contributed by atoms with Crippen molar-refractivity contribution in [2.75, 3.05) is 38.0 Å². The molecule has 146 valence electrons. The molecule has 3 amide bonds. The summed E-state index contributed by atoms with van der Waals surface area (Å²) in [6.45, 7) is 2.36. The fourth-order valence-electron chi connectivity index (χ4n) is 3.11. The van der Waals surface area contributed by atoms with Crippen LogP contribution in [-0.4, -0.2) is 60.2 Å². The SMILES string of the molecule is NC(=O)CN1CCN(C(=O)c2ccccc2NC(=O)c2ccccc2Br)CC1. The maximum atomic E-state index is 13.0. The van der Waals surface area contributed by atoms with Gasteiger partial charge in [-0.1, -0.05) is 24.3 Å². The number of nitrogens with zero attached hydrogens (tertiary/aromatic N) is 2. The van der Waals surface area contributed by atoms with Crippen LogP contribution in [0.5, 0.6) is 0 Å². The van der Waals surface area contributed by atoms with Crippen molar-refractivity contribution in [2.24, 2.45) is 5.73 Å². The molecule has 1 aliphatic heterocycles. The fraction of sp³-hybridized carbons (Fsp3) is 0.250. The molecule has 0 atom stereocenters. The zero-order valence-corrected chi connectivity index (χ0v) is 16.8. The third kappa shape index (κ3) is 4.76. The lowest BCUT2D eigenvalue weighted by atomic mass is 10.1. The summed E-state index contributed by atoms with van der Waals surface area (Å²) in [7, 11) is 0. The number of piperazine rings is 1. The largest absolute Gasteiger partial charge is 0.369 e. The van der Waals surface area contributed by atoms with Crippen molar-refractivity contribution in [1.29, 1.82) is 0 Å². The van der Waals surface area contributed by atoms with Gasteiger partial charge in [0.15, 0.2) is 0 Å². The van der Waals surface area contributed by atoms with Gasteiger partial charge in [0.1, 0.15) is 0 Å². The minimum Gasteiger partial charge on any atom is -0.369 e. The summed E-state index contributed by atoms with van der Waals surface area (Å²) in [6.07, 6.45) is 0. The molecule has 0 aliphatic carbocycles. The Morgan fingerprint density at radius 2 is 1.54 bits per heavy atom. The number of rotatable bonds is 5. The van der Waals surface area contributed by atoms with Gasteiger partial charge in [-0.3, -0.25) is 19.3 Å². The molecule has 0 radical (unpaired) electrons. The number of nitrogens with two attached hydrogens (primary N) is 1. The molecule has 0 saturated carbocycles. The van der Waals surface area contributed by atoms with Crippen LogP contribution in [0.25, 0.3) is 0 Å². The summed E-state index contributed by atoms with van der Waals surface area (Å²) in [4.78, 5) is 40.3. The van der Waals surface area contributed by atoms with E-state index >= 15 is 0 Å². The highest BCUT2D eigenvalue weighted by molar-refractivity contribution is 9.10. The molecule has 3 rings (SSSR count). The molecule has 0 unspecified atom stereocenters. The van der Waals surface area contributed by atoms with Crippen LogP contribution < -0.4 is 11.1 Å². The van der Waals surface area contributed by atoms with E-state index in [0.717, 1.165) is 0 Å². The van der Waals surface area contributed by atoms with Crippen LogP contribution in [-0.2, 0) is 4.79 Å². The van der Waals surface area contributed by atoms with E-state index in [1.807, 2.05) is 11.0 Å². The molecule has 7 nitrogen and oxygen atoms in total. The summed E-state index contributed by atoms with van der Waals surface area (Å²) in [5.41, 5.74) is 6.62. The lowest BCUT2D eigenvalue weighted by Crippen LogP contribution is -2.50. The Kier molecular flexibility index (Phi) is 6.43. The topological polar surface area (TPSA) is 95.7 Å². The Morgan fingerprint density at radius 1 is 0.929 bits per heavy atom. The van der Waals surface area contributed by atoms with Crippen LogP contribution in [0.1, 0.15) is 20.7 Å². The highest BCUT2D eigenvalue weighted by atomic mass is 79.9. The Bertz CT molecular complexity index is 895. The monoisotopic (exact) mass is 444 g/mol. The van der Waals surface area contributed by atoms with Crippen molar-refractivity contribution in [1.82, 2.24) is 9.80 Å². The lowest BCUT2D eigenvalue weighted by molar-refractivity contribution is -0.119. The van der Waals surface area contributed by atoms with Gasteiger partial charge in [0, 0.05) is 30.7 Å². The zero-order chi connectivity index (χ0) is 20.1. The maximum absolute atomic E-state index is 13.0. The van der Waals surface area contributed by atoms with E-state index in [9.17, 15) is 14.4 Å². The van der Waals surface area contributed by atoms with Crippen LogP contribution >= 0.6 is 15.9 Å². The molecule has 1 heterocycles. The highest BCUT2D eigenvalue weighted by Gasteiger charge is 2.25. The summed E-state index contributed by atoms with van der Waals surface area (Å²) >= 11 is 3.37. The van der Waals surface area contributed by atoms with E-state index in [-0.39, 0.29) is 24.3 Å². The smallest absolute Gasteiger partial charge is 0.256 e. The summed E-state index contributed by atoms with van der Waals surface area (Å²) in [5, 5.41) is 2.83. The molecule has 2 aromatic rings. The zero-order valence-electron chi connectivity index (χ0n) is 15.2. The lowest BCUT2D eigenvalue weighted by Gasteiger charge is -2.34. The van der Waals surface area contributed by atoms with Crippen molar-refractivity contribution < 1.29 is 14.4 Å². The number of halogens is 1. The van der Waals surface area contributed by atoms with E-state index in [1.165, 1.54) is 0 Å². The van der Waals surface area contributed by atoms with Gasteiger partial charge in [0.2, 0.25) is 5.91 Å². The number of hydrogen-bond donors (Lipinski definition) is 2. The molecule has 28 heavy (non-hydrogen) atoms. The Hall–Kier alpha value is -2.71. The summed E-state index contributed by atoms with van der Waals surface area (Å²) in [6, 6.07) is 14.1. The van der Waals surface area contributed by atoms with Crippen LogP contribution in [0.15, 0.2) is 53.0 Å². The molecule has 0 aromatic heterocycles. The molecule has 3 N–H and O–H groups in total. The average molecular weight is 445 g/mol. The first kappa shape index (κ1) is 20.0. The second-order valence-electron chi connectivity index (χ2n) is 6.51. The molecule has 8 heteroatoms. The van der Waals surface area contributed by atoms with Gasteiger partial charge >= 0.3 is 0 Å². The number of carbonyl (C=O) groups excluding carboxylic acids is 3.